The molecule has 1 N–H and O–H groups in total. The summed E-state index contributed by atoms with van der Waals surface area (Å²) in [5.74, 6) is 0.651. The quantitative estimate of drug-likeness (QED) is 0.744. The third-order valence-electron chi connectivity index (χ3n) is 2.52. The van der Waals surface area contributed by atoms with Crippen LogP contribution in [0.5, 0.6) is 0 Å². The van der Waals surface area contributed by atoms with E-state index in [-0.39, 0.29) is 0 Å². The van der Waals surface area contributed by atoms with Gasteiger partial charge in [-0.3, -0.25) is 0 Å². The van der Waals surface area contributed by atoms with Gasteiger partial charge in [0.05, 0.1) is 0 Å². The number of oxime groups is 1. The van der Waals surface area contributed by atoms with Gasteiger partial charge in [-0.25, -0.2) is 0 Å². The first-order chi connectivity index (χ1) is 5.86. The van der Waals surface area contributed by atoms with Crippen molar-refractivity contribution in [3.8, 4) is 0 Å². The van der Waals surface area contributed by atoms with E-state index in [2.05, 4.69) is 26.4 Å². The van der Waals surface area contributed by atoms with Crippen molar-refractivity contribution in [3.63, 3.8) is 0 Å². The summed E-state index contributed by atoms with van der Waals surface area (Å²) in [6.45, 7) is 2.24. The molecule has 0 bridgehead atoms. The summed E-state index contributed by atoms with van der Waals surface area (Å²) in [6, 6.07) is 0. The lowest BCUT2D eigenvalue weighted by Gasteiger charge is -2.25. The molecule has 0 aromatic carbocycles. The first-order valence-corrected chi connectivity index (χ1v) is 5.24. The fraction of sp³-hybridized carbons (Fsp3) is 0.875. The van der Waals surface area contributed by atoms with Gasteiger partial charge < -0.3 is 10.2 Å². The first kappa shape index (κ1) is 8.51. The van der Waals surface area contributed by atoms with Gasteiger partial charge in [0.1, 0.15) is 10.7 Å². The molecule has 0 aromatic heterocycles. The molecule has 4 heteroatoms. The van der Waals surface area contributed by atoms with Crippen LogP contribution in [0.4, 0.5) is 0 Å². The predicted molar refractivity (Wildman–Crippen MR) is 51.4 cm³/mol. The molecule has 2 aliphatic rings. The van der Waals surface area contributed by atoms with E-state index in [9.17, 15) is 0 Å². The van der Waals surface area contributed by atoms with Crippen LogP contribution < -0.4 is 5.32 Å². The highest BCUT2D eigenvalue weighted by Gasteiger charge is 2.29. The van der Waals surface area contributed by atoms with Crippen molar-refractivity contribution in [2.24, 2.45) is 11.1 Å². The minimum absolute atomic E-state index is 0.312. The number of piperidine rings is 1. The Morgan fingerprint density at radius 1 is 1.58 bits per heavy atom. The monoisotopic (exact) mass is 232 g/mol. The Morgan fingerprint density at radius 2 is 2.50 bits per heavy atom. The number of hydrogen-bond donors (Lipinski definition) is 1. The summed E-state index contributed by atoms with van der Waals surface area (Å²) < 4.78 is 0.957. The summed E-state index contributed by atoms with van der Waals surface area (Å²) >= 11 is 3.35. The highest BCUT2D eigenvalue weighted by molar-refractivity contribution is 9.18. The maximum absolute atomic E-state index is 5.31. The Hall–Kier alpha value is -0.0900. The zero-order valence-corrected chi connectivity index (χ0v) is 8.51. The maximum atomic E-state index is 5.31. The Labute approximate surface area is 80.7 Å². The SMILES string of the molecule is BrC1=NOC([C@@H]2CCCNC2)C1. The molecule has 2 atom stereocenters. The molecule has 0 radical (unpaired) electrons. The van der Waals surface area contributed by atoms with Crippen molar-refractivity contribution in [2.45, 2.75) is 25.4 Å². The molecule has 0 amide bonds. The van der Waals surface area contributed by atoms with Crippen LogP contribution in [-0.2, 0) is 4.84 Å². The molecule has 3 nitrogen and oxygen atoms in total. The predicted octanol–water partition coefficient (Wildman–Crippen LogP) is 1.48. The maximum Gasteiger partial charge on any atom is 0.137 e. The van der Waals surface area contributed by atoms with Crippen LogP contribution in [0.1, 0.15) is 19.3 Å². The third-order valence-corrected chi connectivity index (χ3v) is 2.99. The van der Waals surface area contributed by atoms with E-state index in [0.29, 0.717) is 12.0 Å². The van der Waals surface area contributed by atoms with E-state index in [1.807, 2.05) is 0 Å². The molecule has 12 heavy (non-hydrogen) atoms. The molecule has 0 spiro atoms. The topological polar surface area (TPSA) is 33.6 Å². The summed E-state index contributed by atoms with van der Waals surface area (Å²) in [5.41, 5.74) is 0. The lowest BCUT2D eigenvalue weighted by atomic mass is 9.92. The van der Waals surface area contributed by atoms with Crippen LogP contribution in [0.15, 0.2) is 5.16 Å². The van der Waals surface area contributed by atoms with E-state index < -0.39 is 0 Å². The Kier molecular flexibility index (Phi) is 2.66. The molecule has 0 aliphatic carbocycles. The molecule has 0 aromatic rings. The summed E-state index contributed by atoms with van der Waals surface area (Å²) in [7, 11) is 0. The van der Waals surface area contributed by atoms with Crippen molar-refractivity contribution in [1.29, 1.82) is 0 Å². The zero-order valence-electron chi connectivity index (χ0n) is 6.92. The highest BCUT2D eigenvalue weighted by atomic mass is 79.9. The molecule has 2 aliphatic heterocycles. The van der Waals surface area contributed by atoms with Crippen molar-refractivity contribution in [1.82, 2.24) is 5.32 Å². The van der Waals surface area contributed by atoms with Crippen molar-refractivity contribution >= 4 is 20.6 Å². The zero-order chi connectivity index (χ0) is 8.39. The first-order valence-electron chi connectivity index (χ1n) is 4.45. The lowest BCUT2D eigenvalue weighted by molar-refractivity contribution is 0.0316. The summed E-state index contributed by atoms with van der Waals surface area (Å²) in [4.78, 5) is 5.31. The van der Waals surface area contributed by atoms with E-state index in [4.69, 9.17) is 4.84 Å². The van der Waals surface area contributed by atoms with Crippen molar-refractivity contribution < 1.29 is 4.84 Å². The van der Waals surface area contributed by atoms with E-state index >= 15 is 0 Å². The normalized spacial score (nSPS) is 35.9. The van der Waals surface area contributed by atoms with Gasteiger partial charge in [-0.1, -0.05) is 5.16 Å². The van der Waals surface area contributed by atoms with Crippen LogP contribution in [0.3, 0.4) is 0 Å². The molecule has 1 saturated heterocycles. The fourth-order valence-corrected chi connectivity index (χ4v) is 2.22. The smallest absolute Gasteiger partial charge is 0.137 e. The van der Waals surface area contributed by atoms with E-state index in [0.717, 1.165) is 24.1 Å². The minimum Gasteiger partial charge on any atom is -0.391 e. The molecule has 68 valence electrons. The van der Waals surface area contributed by atoms with Gasteiger partial charge in [0, 0.05) is 18.9 Å². The Balaban J connectivity index is 1.85. The Morgan fingerprint density at radius 3 is 3.08 bits per heavy atom. The molecular formula is C8H13BrN2O. The van der Waals surface area contributed by atoms with Crippen LogP contribution in [0, 0.1) is 5.92 Å². The average molecular weight is 233 g/mol. The van der Waals surface area contributed by atoms with E-state index in [1.165, 1.54) is 12.8 Å². The van der Waals surface area contributed by atoms with Gasteiger partial charge in [0.15, 0.2) is 0 Å². The lowest BCUT2D eigenvalue weighted by Crippen LogP contribution is -2.36. The molecule has 2 rings (SSSR count). The highest BCUT2D eigenvalue weighted by Crippen LogP contribution is 2.25. The van der Waals surface area contributed by atoms with Crippen LogP contribution in [0.2, 0.25) is 0 Å². The van der Waals surface area contributed by atoms with Gasteiger partial charge >= 0.3 is 0 Å². The third kappa shape index (κ3) is 1.80. The van der Waals surface area contributed by atoms with Gasteiger partial charge in [0.25, 0.3) is 0 Å². The van der Waals surface area contributed by atoms with Gasteiger partial charge in [-0.2, -0.15) is 0 Å². The van der Waals surface area contributed by atoms with Gasteiger partial charge in [-0.15, -0.1) is 0 Å². The second kappa shape index (κ2) is 3.75. The van der Waals surface area contributed by atoms with Crippen molar-refractivity contribution in [3.05, 3.63) is 0 Å². The fourth-order valence-electron chi connectivity index (χ4n) is 1.81. The second-order valence-corrected chi connectivity index (χ2v) is 4.34. The van der Waals surface area contributed by atoms with Crippen molar-refractivity contribution in [2.75, 3.05) is 13.1 Å². The van der Waals surface area contributed by atoms with Crippen LogP contribution in [-0.4, -0.2) is 23.8 Å². The molecule has 1 fully saturated rings. The van der Waals surface area contributed by atoms with E-state index in [1.54, 1.807) is 0 Å². The number of hydrogen-bond acceptors (Lipinski definition) is 3. The summed E-state index contributed by atoms with van der Waals surface area (Å²) in [6.07, 6.45) is 3.80. The molecule has 2 heterocycles. The number of halogens is 1. The Bertz CT molecular complexity index is 189. The largest absolute Gasteiger partial charge is 0.391 e. The van der Waals surface area contributed by atoms with Gasteiger partial charge in [0.2, 0.25) is 0 Å². The number of nitrogens with zero attached hydrogens (tertiary/aromatic N) is 1. The molecular weight excluding hydrogens is 220 g/mol. The van der Waals surface area contributed by atoms with Crippen LogP contribution >= 0.6 is 15.9 Å². The molecule has 1 unspecified atom stereocenters. The number of nitrogens with one attached hydrogen (secondary N) is 1. The molecule has 0 saturated carbocycles. The standard InChI is InChI=1S/C8H13BrN2O/c9-8-4-7(12-11-8)6-2-1-3-10-5-6/h6-7,10H,1-5H2/t6-,7?/m1/s1. The average Bonchev–Trinajstić information content (AvgIpc) is 2.54. The van der Waals surface area contributed by atoms with Gasteiger partial charge in [-0.05, 0) is 35.3 Å². The summed E-state index contributed by atoms with van der Waals surface area (Å²) in [5, 5.41) is 7.28. The minimum atomic E-state index is 0.312. The van der Waals surface area contributed by atoms with Crippen LogP contribution in [0.25, 0.3) is 0 Å². The number of rotatable bonds is 1. The second-order valence-electron chi connectivity index (χ2n) is 3.42.